The number of anilines is 2. The van der Waals surface area contributed by atoms with E-state index in [9.17, 15) is 0 Å². The third-order valence-corrected chi connectivity index (χ3v) is 8.26. The van der Waals surface area contributed by atoms with Gasteiger partial charge in [-0.05, 0) is 38.1 Å². The molecule has 6 nitrogen and oxygen atoms in total. The Morgan fingerprint density at radius 3 is 1.18 bits per heavy atom. The van der Waals surface area contributed by atoms with Crippen molar-refractivity contribution in [2.24, 2.45) is 10.2 Å². The number of hydrazone groups is 2. The van der Waals surface area contributed by atoms with Gasteiger partial charge in [0.1, 0.15) is 11.3 Å². The van der Waals surface area contributed by atoms with E-state index in [-0.39, 0.29) is 0 Å². The number of amidine groups is 2. The van der Waals surface area contributed by atoms with E-state index < -0.39 is 11.3 Å². The zero-order valence-corrected chi connectivity index (χ0v) is 22.4. The highest BCUT2D eigenvalue weighted by Gasteiger charge is 2.58. The van der Waals surface area contributed by atoms with E-state index in [0.717, 1.165) is 53.7 Å². The second-order valence-corrected chi connectivity index (χ2v) is 10.8. The van der Waals surface area contributed by atoms with Crippen LogP contribution in [-0.4, -0.2) is 45.9 Å². The van der Waals surface area contributed by atoms with E-state index in [4.69, 9.17) is 10.2 Å². The van der Waals surface area contributed by atoms with E-state index in [2.05, 4.69) is 155 Å². The monoisotopic (exact) mass is 512 g/mol. The predicted molar refractivity (Wildman–Crippen MR) is 159 cm³/mol. The van der Waals surface area contributed by atoms with Crippen LogP contribution in [0.5, 0.6) is 0 Å². The summed E-state index contributed by atoms with van der Waals surface area (Å²) in [6.45, 7) is 6.30. The predicted octanol–water partition coefficient (Wildman–Crippen LogP) is 6.19. The minimum Gasteiger partial charge on any atom is -0.328 e. The Balaban J connectivity index is 1.39. The van der Waals surface area contributed by atoms with Crippen LogP contribution >= 0.6 is 0 Å². The van der Waals surface area contributed by atoms with Gasteiger partial charge in [-0.25, -0.2) is 10.0 Å². The highest BCUT2D eigenvalue weighted by Crippen LogP contribution is 2.47. The van der Waals surface area contributed by atoms with E-state index in [1.165, 1.54) is 0 Å². The quantitative estimate of drug-likeness (QED) is 0.327. The molecule has 0 amide bonds. The maximum absolute atomic E-state index is 5.31. The van der Waals surface area contributed by atoms with Crippen molar-refractivity contribution in [2.45, 2.75) is 31.6 Å². The summed E-state index contributed by atoms with van der Waals surface area (Å²) < 4.78 is 0. The van der Waals surface area contributed by atoms with Gasteiger partial charge in [-0.1, -0.05) is 97.1 Å². The Hall–Kier alpha value is -4.58. The van der Waals surface area contributed by atoms with Crippen LogP contribution in [0.15, 0.2) is 132 Å². The van der Waals surface area contributed by atoms with Crippen LogP contribution in [0.25, 0.3) is 0 Å². The van der Waals surface area contributed by atoms with E-state index in [1.54, 1.807) is 0 Å². The largest absolute Gasteiger partial charge is 0.328 e. The molecule has 1 fully saturated rings. The molecule has 0 radical (unpaired) electrons. The van der Waals surface area contributed by atoms with Crippen molar-refractivity contribution >= 4 is 23.0 Å². The molecule has 0 bridgehead atoms. The first-order chi connectivity index (χ1) is 19.1. The maximum atomic E-state index is 5.31. The van der Waals surface area contributed by atoms with Crippen LogP contribution < -0.4 is 10.0 Å². The first kappa shape index (κ1) is 23.5. The van der Waals surface area contributed by atoms with Crippen molar-refractivity contribution < 1.29 is 0 Å². The van der Waals surface area contributed by atoms with Crippen LogP contribution in [-0.2, 0) is 0 Å². The van der Waals surface area contributed by atoms with E-state index in [1.807, 2.05) is 0 Å². The molecule has 2 atom stereocenters. The number of hydrogen-bond donors (Lipinski definition) is 0. The molecule has 0 aliphatic carbocycles. The lowest BCUT2D eigenvalue weighted by molar-refractivity contribution is 0.151. The lowest BCUT2D eigenvalue weighted by Crippen LogP contribution is -2.60. The molecular weight excluding hydrogens is 480 g/mol. The van der Waals surface area contributed by atoms with Gasteiger partial charge >= 0.3 is 0 Å². The second-order valence-electron chi connectivity index (χ2n) is 10.8. The first-order valence-electron chi connectivity index (χ1n) is 13.6. The van der Waals surface area contributed by atoms with Crippen LogP contribution in [0.3, 0.4) is 0 Å². The summed E-state index contributed by atoms with van der Waals surface area (Å²) >= 11 is 0. The van der Waals surface area contributed by atoms with Gasteiger partial charge < -0.3 is 9.80 Å². The molecule has 3 aliphatic rings. The Morgan fingerprint density at radius 1 is 0.487 bits per heavy atom. The SMILES string of the molecule is C[C@]12C[C@@]3(C)N(CCN1C(c1ccccc1)=NN2c1ccccc1)C(c1ccccc1)=NN3c1ccccc1. The van der Waals surface area contributed by atoms with Gasteiger partial charge in [-0.3, -0.25) is 0 Å². The fourth-order valence-electron chi connectivity index (χ4n) is 6.48. The molecule has 6 heteroatoms. The lowest BCUT2D eigenvalue weighted by Gasteiger charge is -2.47. The fraction of sp³-hybridized carbons (Fsp3) is 0.212. The molecule has 0 saturated carbocycles. The van der Waals surface area contributed by atoms with Gasteiger partial charge in [0.25, 0.3) is 0 Å². The molecule has 7 rings (SSSR count). The average Bonchev–Trinajstić information content (AvgIpc) is 3.39. The zero-order valence-electron chi connectivity index (χ0n) is 22.4. The maximum Gasteiger partial charge on any atom is 0.158 e. The normalized spacial score (nSPS) is 24.2. The molecule has 3 aliphatic heterocycles. The molecule has 0 unspecified atom stereocenters. The van der Waals surface area contributed by atoms with Gasteiger partial charge in [0.2, 0.25) is 0 Å². The molecule has 1 saturated heterocycles. The summed E-state index contributed by atoms with van der Waals surface area (Å²) in [6, 6.07) is 42.2. The van der Waals surface area contributed by atoms with Gasteiger partial charge in [0.15, 0.2) is 11.7 Å². The standard InChI is InChI=1S/C33H32N6/c1-32-25-33(2)37(31(27-17-9-4-10-18-27)35-39(33)29-21-13-6-14-22-29)24-23-36(32)30(26-15-7-3-8-16-26)34-38(32)28-19-11-5-12-20-28/h3-22H,23-25H2,1-2H3/t32-,33-/m0/s1. The summed E-state index contributed by atoms with van der Waals surface area (Å²) in [4.78, 5) is 5.01. The molecule has 39 heavy (non-hydrogen) atoms. The molecule has 0 aromatic heterocycles. The third kappa shape index (κ3) is 3.70. The van der Waals surface area contributed by atoms with Gasteiger partial charge in [-0.2, -0.15) is 10.2 Å². The fourth-order valence-corrected chi connectivity index (χ4v) is 6.48. The molecule has 194 valence electrons. The Labute approximate surface area is 230 Å². The molecule has 3 heterocycles. The number of para-hydroxylation sites is 2. The highest BCUT2D eigenvalue weighted by molar-refractivity contribution is 6.03. The van der Waals surface area contributed by atoms with Crippen molar-refractivity contribution in [1.29, 1.82) is 0 Å². The number of nitrogens with zero attached hydrogens (tertiary/aromatic N) is 6. The molecule has 0 spiro atoms. The van der Waals surface area contributed by atoms with Crippen molar-refractivity contribution in [3.05, 3.63) is 132 Å². The van der Waals surface area contributed by atoms with Crippen LogP contribution in [0.2, 0.25) is 0 Å². The average molecular weight is 513 g/mol. The van der Waals surface area contributed by atoms with E-state index in [0.29, 0.717) is 0 Å². The lowest BCUT2D eigenvalue weighted by atomic mass is 9.93. The van der Waals surface area contributed by atoms with Crippen molar-refractivity contribution in [3.63, 3.8) is 0 Å². The number of benzene rings is 4. The smallest absolute Gasteiger partial charge is 0.158 e. The van der Waals surface area contributed by atoms with Crippen molar-refractivity contribution in [3.8, 4) is 0 Å². The number of hydrogen-bond acceptors (Lipinski definition) is 6. The topological polar surface area (TPSA) is 37.7 Å². The number of fused-ring (bicyclic) bond motifs is 2. The summed E-state index contributed by atoms with van der Waals surface area (Å²) in [5.74, 6) is 2.02. The van der Waals surface area contributed by atoms with Gasteiger partial charge in [-0.15, -0.1) is 0 Å². The third-order valence-electron chi connectivity index (χ3n) is 8.26. The minimum atomic E-state index is -0.426. The molecular formula is C33H32N6. The molecule has 4 aromatic rings. The van der Waals surface area contributed by atoms with Crippen molar-refractivity contribution in [1.82, 2.24) is 9.80 Å². The second kappa shape index (κ2) is 9.02. The molecule has 4 aromatic carbocycles. The first-order valence-corrected chi connectivity index (χ1v) is 13.6. The Morgan fingerprint density at radius 2 is 0.821 bits per heavy atom. The molecule has 0 N–H and O–H groups in total. The Kier molecular flexibility index (Phi) is 5.44. The van der Waals surface area contributed by atoms with Gasteiger partial charge in [0.05, 0.1) is 11.4 Å². The summed E-state index contributed by atoms with van der Waals surface area (Å²) in [5.41, 5.74) is 3.58. The number of rotatable bonds is 4. The minimum absolute atomic E-state index is 0.426. The van der Waals surface area contributed by atoms with Gasteiger partial charge in [0, 0.05) is 30.6 Å². The highest BCUT2D eigenvalue weighted by atomic mass is 15.7. The van der Waals surface area contributed by atoms with E-state index >= 15 is 0 Å². The Bertz CT molecular complexity index is 1400. The van der Waals surface area contributed by atoms with Crippen LogP contribution in [0, 0.1) is 0 Å². The van der Waals surface area contributed by atoms with Crippen LogP contribution in [0.1, 0.15) is 31.4 Å². The summed E-state index contributed by atoms with van der Waals surface area (Å²) in [7, 11) is 0. The summed E-state index contributed by atoms with van der Waals surface area (Å²) in [5, 5.41) is 15.1. The zero-order chi connectivity index (χ0) is 26.5. The summed E-state index contributed by atoms with van der Waals surface area (Å²) in [6.07, 6.45) is 0.781. The van der Waals surface area contributed by atoms with Crippen molar-refractivity contribution in [2.75, 3.05) is 23.1 Å². The van der Waals surface area contributed by atoms with Crippen LogP contribution in [0.4, 0.5) is 11.4 Å².